The van der Waals surface area contributed by atoms with Gasteiger partial charge in [0.25, 0.3) is 0 Å². The molecule has 0 saturated heterocycles. The number of nitrogens with zero attached hydrogens (tertiary/aromatic N) is 1. The molecule has 0 aliphatic carbocycles. The molecule has 3 aromatic rings. The van der Waals surface area contributed by atoms with E-state index < -0.39 is 0 Å². The molecule has 2 N–H and O–H groups in total. The average Bonchev–Trinajstić information content (AvgIpc) is 2.80. The molecule has 0 saturated carbocycles. The summed E-state index contributed by atoms with van der Waals surface area (Å²) >= 11 is 1.66. The maximum absolute atomic E-state index is 9.42. The molecule has 96 valence electrons. The zero-order valence-corrected chi connectivity index (χ0v) is 11.4. The molecule has 0 aliphatic rings. The second-order valence-corrected chi connectivity index (χ2v) is 5.48. The van der Waals surface area contributed by atoms with Crippen LogP contribution in [-0.2, 0) is 5.75 Å². The van der Waals surface area contributed by atoms with Gasteiger partial charge in [-0.15, -0.1) is 0 Å². The number of aromatic amines is 1. The maximum Gasteiger partial charge on any atom is 0.166 e. The van der Waals surface area contributed by atoms with Crippen LogP contribution in [-0.4, -0.2) is 15.1 Å². The first-order valence-electron chi connectivity index (χ1n) is 6.08. The third-order valence-electron chi connectivity index (χ3n) is 2.94. The number of nitrogens with one attached hydrogen (secondary N) is 1. The lowest BCUT2D eigenvalue weighted by Crippen LogP contribution is -1.82. The highest BCUT2D eigenvalue weighted by Crippen LogP contribution is 2.25. The number of fused-ring (bicyclic) bond motifs is 1. The molecular formula is C15H14N2OS. The van der Waals surface area contributed by atoms with Crippen LogP contribution in [0.5, 0.6) is 5.75 Å². The minimum absolute atomic E-state index is 0.256. The average molecular weight is 270 g/mol. The smallest absolute Gasteiger partial charge is 0.166 e. The Kier molecular flexibility index (Phi) is 3.17. The van der Waals surface area contributed by atoms with Gasteiger partial charge in [-0.1, -0.05) is 41.6 Å². The summed E-state index contributed by atoms with van der Waals surface area (Å²) in [6, 6.07) is 13.7. The molecule has 19 heavy (non-hydrogen) atoms. The SMILES string of the molecule is Cc1ccc(CSc2nc3ccc(O)cc3[nH]2)cc1. The van der Waals surface area contributed by atoms with E-state index in [0.29, 0.717) is 0 Å². The summed E-state index contributed by atoms with van der Waals surface area (Å²) in [5, 5.41) is 10.3. The highest BCUT2D eigenvalue weighted by atomic mass is 32.2. The van der Waals surface area contributed by atoms with E-state index in [1.165, 1.54) is 11.1 Å². The van der Waals surface area contributed by atoms with Crippen LogP contribution in [0.4, 0.5) is 0 Å². The van der Waals surface area contributed by atoms with Crippen LogP contribution in [0.15, 0.2) is 47.6 Å². The van der Waals surface area contributed by atoms with Crippen LogP contribution in [0.3, 0.4) is 0 Å². The van der Waals surface area contributed by atoms with Crippen molar-refractivity contribution in [2.24, 2.45) is 0 Å². The number of hydrogen-bond acceptors (Lipinski definition) is 3. The summed E-state index contributed by atoms with van der Waals surface area (Å²) < 4.78 is 0. The second-order valence-electron chi connectivity index (χ2n) is 4.52. The van der Waals surface area contributed by atoms with E-state index in [-0.39, 0.29) is 5.75 Å². The Labute approximate surface area is 115 Å². The van der Waals surface area contributed by atoms with Crippen LogP contribution < -0.4 is 0 Å². The number of imidazole rings is 1. The van der Waals surface area contributed by atoms with E-state index >= 15 is 0 Å². The minimum Gasteiger partial charge on any atom is -0.508 e. The van der Waals surface area contributed by atoms with Crippen molar-refractivity contribution >= 4 is 22.8 Å². The van der Waals surface area contributed by atoms with Gasteiger partial charge in [0.1, 0.15) is 5.75 Å². The fraction of sp³-hybridized carbons (Fsp3) is 0.133. The predicted octanol–water partition coefficient (Wildman–Crippen LogP) is 3.87. The molecule has 2 aromatic carbocycles. The van der Waals surface area contributed by atoms with Crippen molar-refractivity contribution in [2.45, 2.75) is 17.8 Å². The number of phenolic OH excluding ortho intramolecular Hbond substituents is 1. The van der Waals surface area contributed by atoms with Gasteiger partial charge in [0, 0.05) is 11.8 Å². The van der Waals surface area contributed by atoms with Gasteiger partial charge in [-0.05, 0) is 24.6 Å². The number of phenols is 1. The number of aryl methyl sites for hydroxylation is 1. The fourth-order valence-corrected chi connectivity index (χ4v) is 2.72. The van der Waals surface area contributed by atoms with Gasteiger partial charge in [-0.25, -0.2) is 4.98 Å². The van der Waals surface area contributed by atoms with Crippen molar-refractivity contribution in [2.75, 3.05) is 0 Å². The molecule has 3 rings (SSSR count). The lowest BCUT2D eigenvalue weighted by atomic mass is 10.2. The highest BCUT2D eigenvalue weighted by molar-refractivity contribution is 7.98. The second kappa shape index (κ2) is 4.97. The van der Waals surface area contributed by atoms with Crippen LogP contribution in [0, 0.1) is 6.92 Å². The first-order chi connectivity index (χ1) is 9.20. The van der Waals surface area contributed by atoms with E-state index in [4.69, 9.17) is 0 Å². The molecular weight excluding hydrogens is 256 g/mol. The Morgan fingerprint density at radius 1 is 1.16 bits per heavy atom. The van der Waals surface area contributed by atoms with Gasteiger partial charge in [-0.2, -0.15) is 0 Å². The number of aromatic nitrogens is 2. The van der Waals surface area contributed by atoms with E-state index in [2.05, 4.69) is 41.2 Å². The van der Waals surface area contributed by atoms with Gasteiger partial charge in [0.15, 0.2) is 5.16 Å². The summed E-state index contributed by atoms with van der Waals surface area (Å²) in [6.07, 6.45) is 0. The first kappa shape index (κ1) is 12.1. The zero-order valence-electron chi connectivity index (χ0n) is 10.6. The summed E-state index contributed by atoms with van der Waals surface area (Å²) in [5.41, 5.74) is 4.29. The highest BCUT2D eigenvalue weighted by Gasteiger charge is 2.04. The Hall–Kier alpha value is -1.94. The summed E-state index contributed by atoms with van der Waals surface area (Å²) in [6.45, 7) is 2.09. The molecule has 1 aromatic heterocycles. The third kappa shape index (κ3) is 2.74. The van der Waals surface area contributed by atoms with Crippen molar-refractivity contribution in [3.63, 3.8) is 0 Å². The molecule has 0 amide bonds. The molecule has 0 spiro atoms. The Balaban J connectivity index is 1.76. The van der Waals surface area contributed by atoms with E-state index in [0.717, 1.165) is 21.9 Å². The zero-order chi connectivity index (χ0) is 13.2. The minimum atomic E-state index is 0.256. The molecule has 0 bridgehead atoms. The quantitative estimate of drug-likeness (QED) is 0.710. The number of thioether (sulfide) groups is 1. The van der Waals surface area contributed by atoms with Crippen molar-refractivity contribution in [1.82, 2.24) is 9.97 Å². The van der Waals surface area contributed by atoms with E-state index in [9.17, 15) is 5.11 Å². The van der Waals surface area contributed by atoms with Crippen molar-refractivity contribution < 1.29 is 5.11 Å². The number of aromatic hydroxyl groups is 1. The van der Waals surface area contributed by atoms with Crippen LogP contribution in [0.1, 0.15) is 11.1 Å². The summed E-state index contributed by atoms with van der Waals surface area (Å²) in [7, 11) is 0. The molecule has 3 nitrogen and oxygen atoms in total. The molecule has 0 radical (unpaired) electrons. The Morgan fingerprint density at radius 3 is 2.74 bits per heavy atom. The standard InChI is InChI=1S/C15H14N2OS/c1-10-2-4-11(5-3-10)9-19-15-16-13-7-6-12(18)8-14(13)17-15/h2-8,18H,9H2,1H3,(H,16,17). The number of H-pyrrole nitrogens is 1. The monoisotopic (exact) mass is 270 g/mol. The normalized spacial score (nSPS) is 11.0. The topological polar surface area (TPSA) is 48.9 Å². The Bertz CT molecular complexity index is 704. The van der Waals surface area contributed by atoms with E-state index in [1.807, 2.05) is 6.07 Å². The van der Waals surface area contributed by atoms with Crippen LogP contribution in [0.25, 0.3) is 11.0 Å². The molecule has 0 aliphatic heterocycles. The largest absolute Gasteiger partial charge is 0.508 e. The molecule has 1 heterocycles. The Morgan fingerprint density at radius 2 is 1.95 bits per heavy atom. The van der Waals surface area contributed by atoms with Gasteiger partial charge in [0.05, 0.1) is 11.0 Å². The van der Waals surface area contributed by atoms with Gasteiger partial charge >= 0.3 is 0 Å². The predicted molar refractivity (Wildman–Crippen MR) is 78.5 cm³/mol. The number of rotatable bonds is 3. The lowest BCUT2D eigenvalue weighted by Gasteiger charge is -1.99. The lowest BCUT2D eigenvalue weighted by molar-refractivity contribution is 0.476. The van der Waals surface area contributed by atoms with Crippen LogP contribution in [0.2, 0.25) is 0 Å². The van der Waals surface area contributed by atoms with Gasteiger partial charge in [0.2, 0.25) is 0 Å². The summed E-state index contributed by atoms with van der Waals surface area (Å²) in [5.74, 6) is 1.14. The first-order valence-corrected chi connectivity index (χ1v) is 7.06. The van der Waals surface area contributed by atoms with Crippen LogP contribution >= 0.6 is 11.8 Å². The van der Waals surface area contributed by atoms with Crippen molar-refractivity contribution in [1.29, 1.82) is 0 Å². The number of benzene rings is 2. The van der Waals surface area contributed by atoms with Gasteiger partial charge < -0.3 is 10.1 Å². The van der Waals surface area contributed by atoms with Crippen molar-refractivity contribution in [3.05, 3.63) is 53.6 Å². The summed E-state index contributed by atoms with van der Waals surface area (Å²) in [4.78, 5) is 7.69. The van der Waals surface area contributed by atoms with Crippen molar-refractivity contribution in [3.8, 4) is 5.75 Å². The third-order valence-corrected chi connectivity index (χ3v) is 3.88. The van der Waals surface area contributed by atoms with E-state index in [1.54, 1.807) is 23.9 Å². The fourth-order valence-electron chi connectivity index (χ4n) is 1.88. The van der Waals surface area contributed by atoms with Gasteiger partial charge in [-0.3, -0.25) is 0 Å². The number of hydrogen-bond donors (Lipinski definition) is 2. The maximum atomic E-state index is 9.42. The molecule has 0 unspecified atom stereocenters. The molecule has 0 fully saturated rings. The molecule has 4 heteroatoms. The molecule has 0 atom stereocenters.